The van der Waals surface area contributed by atoms with E-state index in [2.05, 4.69) is 15.1 Å². The largest absolute Gasteiger partial charge is 0.490 e. The second-order valence-corrected chi connectivity index (χ2v) is 7.51. The quantitative estimate of drug-likeness (QED) is 0.579. The Balaban J connectivity index is 1.87. The van der Waals surface area contributed by atoms with Crippen LogP contribution in [0.5, 0.6) is 11.6 Å². The molecule has 2 heterocycles. The fourth-order valence-corrected chi connectivity index (χ4v) is 3.06. The SMILES string of the molecule is Cc1cc(-c2nc(-c3cc(C)c(OC[C@H](O)CO)c(C)c3)no2)cc(OC(C)C)n1. The fraction of sp³-hybridized carbons (Fsp3) is 0.409. The van der Waals surface area contributed by atoms with E-state index in [9.17, 15) is 5.11 Å². The lowest BCUT2D eigenvalue weighted by Crippen LogP contribution is -2.21. The molecule has 0 spiro atoms. The maximum Gasteiger partial charge on any atom is 0.258 e. The molecule has 0 amide bonds. The molecule has 8 nitrogen and oxygen atoms in total. The minimum Gasteiger partial charge on any atom is -0.490 e. The molecule has 0 aliphatic heterocycles. The van der Waals surface area contributed by atoms with Gasteiger partial charge in [0.1, 0.15) is 18.5 Å². The molecule has 3 rings (SSSR count). The van der Waals surface area contributed by atoms with E-state index in [1.54, 1.807) is 6.07 Å². The summed E-state index contributed by atoms with van der Waals surface area (Å²) in [4.78, 5) is 8.91. The molecular formula is C22H27N3O5. The fourth-order valence-electron chi connectivity index (χ4n) is 3.06. The third-order valence-corrected chi connectivity index (χ3v) is 4.31. The van der Waals surface area contributed by atoms with Crippen molar-refractivity contribution >= 4 is 0 Å². The van der Waals surface area contributed by atoms with Crippen LogP contribution in [0.15, 0.2) is 28.8 Å². The molecule has 3 aromatic rings. The number of aromatic nitrogens is 3. The summed E-state index contributed by atoms with van der Waals surface area (Å²) >= 11 is 0. The number of hydrogen-bond donors (Lipinski definition) is 2. The Bertz CT molecular complexity index is 993. The summed E-state index contributed by atoms with van der Waals surface area (Å²) in [6.07, 6.45) is -0.910. The van der Waals surface area contributed by atoms with Gasteiger partial charge in [-0.05, 0) is 63.9 Å². The number of rotatable bonds is 8. The molecule has 8 heteroatoms. The third kappa shape index (κ3) is 5.14. The van der Waals surface area contributed by atoms with Gasteiger partial charge in [0.25, 0.3) is 5.89 Å². The molecule has 0 bridgehead atoms. The Kier molecular flexibility index (Phi) is 6.69. The van der Waals surface area contributed by atoms with Gasteiger partial charge in [-0.1, -0.05) is 5.16 Å². The standard InChI is InChI=1S/C22H27N3O5/c1-12(2)29-19-9-17(8-15(5)23-19)22-24-21(25-30-22)16-6-13(3)20(14(4)7-16)28-11-18(27)10-26/h6-9,12,18,26-27H,10-11H2,1-5H3/t18-/m1/s1. The van der Waals surface area contributed by atoms with Gasteiger partial charge in [0.2, 0.25) is 11.7 Å². The van der Waals surface area contributed by atoms with Crippen LogP contribution < -0.4 is 9.47 Å². The van der Waals surface area contributed by atoms with Gasteiger partial charge in [-0.15, -0.1) is 0 Å². The molecule has 1 atom stereocenters. The van der Waals surface area contributed by atoms with E-state index in [0.29, 0.717) is 23.3 Å². The van der Waals surface area contributed by atoms with Gasteiger partial charge in [0.05, 0.1) is 12.7 Å². The maximum absolute atomic E-state index is 9.51. The molecule has 30 heavy (non-hydrogen) atoms. The number of aliphatic hydroxyl groups excluding tert-OH is 2. The minimum absolute atomic E-state index is 0.00979. The molecule has 0 aliphatic carbocycles. The van der Waals surface area contributed by atoms with Crippen LogP contribution in [-0.2, 0) is 0 Å². The van der Waals surface area contributed by atoms with Crippen LogP contribution in [0.25, 0.3) is 22.8 Å². The highest BCUT2D eigenvalue weighted by molar-refractivity contribution is 5.64. The second-order valence-electron chi connectivity index (χ2n) is 7.51. The highest BCUT2D eigenvalue weighted by Crippen LogP contribution is 2.31. The molecule has 160 valence electrons. The molecular weight excluding hydrogens is 386 g/mol. The van der Waals surface area contributed by atoms with E-state index in [1.807, 2.05) is 52.8 Å². The summed E-state index contributed by atoms with van der Waals surface area (Å²) < 4.78 is 16.8. The van der Waals surface area contributed by atoms with Crippen molar-refractivity contribution in [3.63, 3.8) is 0 Å². The molecule has 0 radical (unpaired) electrons. The van der Waals surface area contributed by atoms with Crippen molar-refractivity contribution in [2.75, 3.05) is 13.2 Å². The van der Waals surface area contributed by atoms with Crippen LogP contribution in [0.2, 0.25) is 0 Å². The lowest BCUT2D eigenvalue weighted by molar-refractivity contribution is 0.0532. The van der Waals surface area contributed by atoms with Crippen molar-refractivity contribution in [3.05, 3.63) is 41.1 Å². The van der Waals surface area contributed by atoms with Gasteiger partial charge in [0, 0.05) is 22.9 Å². The number of aliphatic hydroxyl groups is 2. The van der Waals surface area contributed by atoms with Crippen LogP contribution in [0, 0.1) is 20.8 Å². The Morgan fingerprint density at radius 1 is 1.00 bits per heavy atom. The predicted molar refractivity (Wildman–Crippen MR) is 112 cm³/mol. The van der Waals surface area contributed by atoms with Gasteiger partial charge in [-0.2, -0.15) is 4.98 Å². The Labute approximate surface area is 175 Å². The topological polar surface area (TPSA) is 111 Å². The van der Waals surface area contributed by atoms with Gasteiger partial charge in [-0.3, -0.25) is 0 Å². The first-order valence-electron chi connectivity index (χ1n) is 9.79. The summed E-state index contributed by atoms with van der Waals surface area (Å²) in [5, 5.41) is 22.6. The Morgan fingerprint density at radius 2 is 1.70 bits per heavy atom. The number of ether oxygens (including phenoxy) is 2. The van der Waals surface area contributed by atoms with Gasteiger partial charge in [0.15, 0.2) is 0 Å². The van der Waals surface area contributed by atoms with E-state index in [1.165, 1.54) is 0 Å². The van der Waals surface area contributed by atoms with Crippen molar-refractivity contribution in [3.8, 4) is 34.5 Å². The average molecular weight is 413 g/mol. The predicted octanol–water partition coefficient (Wildman–Crippen LogP) is 3.24. The highest BCUT2D eigenvalue weighted by atomic mass is 16.5. The van der Waals surface area contributed by atoms with Crippen molar-refractivity contribution in [2.45, 2.75) is 46.8 Å². The van der Waals surface area contributed by atoms with Gasteiger partial charge < -0.3 is 24.2 Å². The summed E-state index contributed by atoms with van der Waals surface area (Å²) in [5.41, 5.74) is 4.06. The van der Waals surface area contributed by atoms with Gasteiger partial charge >= 0.3 is 0 Å². The van der Waals surface area contributed by atoms with Gasteiger partial charge in [-0.25, -0.2) is 4.98 Å². The zero-order chi connectivity index (χ0) is 21.8. The molecule has 0 unspecified atom stereocenters. The highest BCUT2D eigenvalue weighted by Gasteiger charge is 2.16. The minimum atomic E-state index is -0.920. The lowest BCUT2D eigenvalue weighted by atomic mass is 10.1. The maximum atomic E-state index is 9.51. The van der Waals surface area contributed by atoms with Crippen molar-refractivity contribution < 1.29 is 24.2 Å². The molecule has 0 saturated carbocycles. The summed E-state index contributed by atoms with van der Waals surface area (Å²) in [6, 6.07) is 7.44. The first-order valence-corrected chi connectivity index (χ1v) is 9.79. The van der Waals surface area contributed by atoms with Crippen molar-refractivity contribution in [2.24, 2.45) is 0 Å². The summed E-state index contributed by atoms with van der Waals surface area (Å²) in [6.45, 7) is 9.24. The van der Waals surface area contributed by atoms with E-state index < -0.39 is 6.10 Å². The number of benzene rings is 1. The first kappa shape index (κ1) is 21.7. The normalized spacial score (nSPS) is 12.3. The first-order chi connectivity index (χ1) is 14.3. The number of pyridine rings is 1. The van der Waals surface area contributed by atoms with E-state index in [-0.39, 0.29) is 19.3 Å². The smallest absolute Gasteiger partial charge is 0.258 e. The van der Waals surface area contributed by atoms with E-state index in [0.717, 1.165) is 27.9 Å². The average Bonchev–Trinajstić information content (AvgIpc) is 3.16. The van der Waals surface area contributed by atoms with Crippen LogP contribution in [0.1, 0.15) is 30.7 Å². The number of hydrogen-bond acceptors (Lipinski definition) is 8. The molecule has 1 aromatic carbocycles. The second kappa shape index (κ2) is 9.23. The molecule has 0 fully saturated rings. The molecule has 0 aliphatic rings. The van der Waals surface area contributed by atoms with Crippen LogP contribution in [0.3, 0.4) is 0 Å². The number of nitrogens with zero attached hydrogens (tertiary/aromatic N) is 3. The monoisotopic (exact) mass is 413 g/mol. The van der Waals surface area contributed by atoms with E-state index in [4.69, 9.17) is 19.1 Å². The Hall–Kier alpha value is -2.97. The zero-order valence-electron chi connectivity index (χ0n) is 17.8. The summed E-state index contributed by atoms with van der Waals surface area (Å²) in [5.74, 6) is 2.01. The molecule has 2 N–H and O–H groups in total. The number of aryl methyl sites for hydroxylation is 3. The van der Waals surface area contributed by atoms with Crippen LogP contribution in [-0.4, -0.2) is 50.8 Å². The molecule has 2 aromatic heterocycles. The van der Waals surface area contributed by atoms with Crippen molar-refractivity contribution in [1.82, 2.24) is 15.1 Å². The van der Waals surface area contributed by atoms with Crippen LogP contribution in [0.4, 0.5) is 0 Å². The third-order valence-electron chi connectivity index (χ3n) is 4.31. The lowest BCUT2D eigenvalue weighted by Gasteiger charge is -2.15. The van der Waals surface area contributed by atoms with E-state index >= 15 is 0 Å². The molecule has 0 saturated heterocycles. The zero-order valence-corrected chi connectivity index (χ0v) is 17.8. The Morgan fingerprint density at radius 3 is 2.33 bits per heavy atom. The van der Waals surface area contributed by atoms with Crippen LogP contribution >= 0.6 is 0 Å². The van der Waals surface area contributed by atoms with Crippen molar-refractivity contribution in [1.29, 1.82) is 0 Å². The summed E-state index contributed by atoms with van der Waals surface area (Å²) in [7, 11) is 0.